The standard InChI is InChI=1S/C15H20N2O4S/c1-10-8-15(18)17-16-13(10)7-5-11-4-6-12(22(3,19)20)9-14(11)21-2/h4-7,9-10,13,16H,8H2,1-3H3,(H,17,18)/b7-5+. The molecule has 2 rings (SSSR count). The molecule has 0 aromatic heterocycles. The first kappa shape index (κ1) is 16.5. The van der Waals surface area contributed by atoms with E-state index in [4.69, 9.17) is 4.74 Å². The van der Waals surface area contributed by atoms with Crippen LogP contribution in [0.25, 0.3) is 6.08 Å². The number of hydrogen-bond donors (Lipinski definition) is 2. The second kappa shape index (κ2) is 6.50. The van der Waals surface area contributed by atoms with E-state index in [0.29, 0.717) is 12.2 Å². The molecule has 2 N–H and O–H groups in total. The summed E-state index contributed by atoms with van der Waals surface area (Å²) in [6.07, 6.45) is 5.42. The van der Waals surface area contributed by atoms with Gasteiger partial charge in [0.05, 0.1) is 12.0 Å². The fourth-order valence-corrected chi connectivity index (χ4v) is 2.92. The normalized spacial score (nSPS) is 22.6. The molecule has 1 aromatic rings. The van der Waals surface area contributed by atoms with Crippen molar-refractivity contribution in [2.45, 2.75) is 24.3 Å². The Bertz CT molecular complexity index is 697. The number of ether oxygens (including phenoxy) is 1. The molecule has 0 spiro atoms. The van der Waals surface area contributed by atoms with Crippen LogP contribution in [0.1, 0.15) is 18.9 Å². The fraction of sp³-hybridized carbons (Fsp3) is 0.400. The van der Waals surface area contributed by atoms with Crippen LogP contribution in [0.2, 0.25) is 0 Å². The molecule has 1 aromatic carbocycles. The zero-order valence-corrected chi connectivity index (χ0v) is 13.6. The maximum absolute atomic E-state index is 11.6. The SMILES string of the molecule is COc1cc(S(C)(=O)=O)ccc1/C=C/C1NNC(=O)CC1C. The fourth-order valence-electron chi connectivity index (χ4n) is 2.28. The monoisotopic (exact) mass is 324 g/mol. The molecule has 2 atom stereocenters. The highest BCUT2D eigenvalue weighted by molar-refractivity contribution is 7.90. The molecular weight excluding hydrogens is 304 g/mol. The van der Waals surface area contributed by atoms with Crippen molar-refractivity contribution in [3.8, 4) is 5.75 Å². The molecule has 1 amide bonds. The van der Waals surface area contributed by atoms with Crippen molar-refractivity contribution in [2.24, 2.45) is 5.92 Å². The third-order valence-electron chi connectivity index (χ3n) is 3.61. The summed E-state index contributed by atoms with van der Waals surface area (Å²) in [6.45, 7) is 1.99. The van der Waals surface area contributed by atoms with Gasteiger partial charge in [0.25, 0.3) is 0 Å². The summed E-state index contributed by atoms with van der Waals surface area (Å²) in [5.74, 6) is 0.644. The zero-order valence-electron chi connectivity index (χ0n) is 12.8. The molecule has 1 fully saturated rings. The van der Waals surface area contributed by atoms with Gasteiger partial charge in [0.1, 0.15) is 5.75 Å². The Hall–Kier alpha value is -1.86. The first-order valence-electron chi connectivity index (χ1n) is 6.92. The molecule has 0 saturated carbocycles. The molecule has 0 radical (unpaired) electrons. The van der Waals surface area contributed by atoms with E-state index in [1.807, 2.05) is 19.1 Å². The van der Waals surface area contributed by atoms with Gasteiger partial charge < -0.3 is 4.74 Å². The van der Waals surface area contributed by atoms with Crippen molar-refractivity contribution >= 4 is 21.8 Å². The van der Waals surface area contributed by atoms with Crippen molar-refractivity contribution in [1.82, 2.24) is 10.9 Å². The summed E-state index contributed by atoms with van der Waals surface area (Å²) < 4.78 is 28.4. The molecule has 7 heteroatoms. The number of rotatable bonds is 4. The van der Waals surface area contributed by atoms with Gasteiger partial charge in [0.15, 0.2) is 9.84 Å². The van der Waals surface area contributed by atoms with Crippen LogP contribution in [0.15, 0.2) is 29.2 Å². The molecule has 1 saturated heterocycles. The summed E-state index contributed by atoms with van der Waals surface area (Å²) in [5.41, 5.74) is 6.32. The number of nitrogens with one attached hydrogen (secondary N) is 2. The van der Waals surface area contributed by atoms with Gasteiger partial charge in [-0.25, -0.2) is 13.8 Å². The van der Waals surface area contributed by atoms with Crippen molar-refractivity contribution in [1.29, 1.82) is 0 Å². The zero-order chi connectivity index (χ0) is 16.3. The predicted molar refractivity (Wildman–Crippen MR) is 84.0 cm³/mol. The third-order valence-corrected chi connectivity index (χ3v) is 4.73. The molecule has 0 bridgehead atoms. The summed E-state index contributed by atoms with van der Waals surface area (Å²) in [6, 6.07) is 4.78. The number of carbonyl (C=O) groups excluding carboxylic acids is 1. The van der Waals surface area contributed by atoms with Crippen LogP contribution in [0, 0.1) is 5.92 Å². The van der Waals surface area contributed by atoms with E-state index in [1.165, 1.54) is 13.2 Å². The highest BCUT2D eigenvalue weighted by atomic mass is 32.2. The lowest BCUT2D eigenvalue weighted by molar-refractivity contribution is -0.125. The maximum atomic E-state index is 11.6. The highest BCUT2D eigenvalue weighted by Gasteiger charge is 2.23. The number of amides is 1. The van der Waals surface area contributed by atoms with E-state index < -0.39 is 9.84 Å². The number of benzene rings is 1. The molecule has 2 unspecified atom stereocenters. The van der Waals surface area contributed by atoms with Gasteiger partial charge in [0, 0.05) is 24.3 Å². The molecule has 120 valence electrons. The lowest BCUT2D eigenvalue weighted by atomic mass is 9.96. The van der Waals surface area contributed by atoms with E-state index in [9.17, 15) is 13.2 Å². The van der Waals surface area contributed by atoms with Gasteiger partial charge in [-0.05, 0) is 24.1 Å². The van der Waals surface area contributed by atoms with Gasteiger partial charge in [-0.1, -0.05) is 19.1 Å². The molecule has 1 aliphatic rings. The average Bonchev–Trinajstić information content (AvgIpc) is 2.45. The van der Waals surface area contributed by atoms with Gasteiger partial charge in [-0.2, -0.15) is 0 Å². The minimum Gasteiger partial charge on any atom is -0.496 e. The molecule has 6 nitrogen and oxygen atoms in total. The molecular formula is C15H20N2O4S. The number of methoxy groups -OCH3 is 1. The van der Waals surface area contributed by atoms with Gasteiger partial charge in [0.2, 0.25) is 5.91 Å². The van der Waals surface area contributed by atoms with Crippen molar-refractivity contribution in [3.05, 3.63) is 29.8 Å². The van der Waals surface area contributed by atoms with E-state index >= 15 is 0 Å². The Kier molecular flexibility index (Phi) is 4.87. The minimum absolute atomic E-state index is 0.0111. The number of carbonyl (C=O) groups is 1. The minimum atomic E-state index is -3.27. The maximum Gasteiger partial charge on any atom is 0.234 e. The van der Waals surface area contributed by atoms with Crippen LogP contribution in [0.3, 0.4) is 0 Å². The predicted octanol–water partition coefficient (Wildman–Crippen LogP) is 1.14. The summed E-state index contributed by atoms with van der Waals surface area (Å²) >= 11 is 0. The van der Waals surface area contributed by atoms with E-state index in [1.54, 1.807) is 12.1 Å². The topological polar surface area (TPSA) is 84.5 Å². The van der Waals surface area contributed by atoms with E-state index in [-0.39, 0.29) is 22.8 Å². The Balaban J connectivity index is 2.22. The van der Waals surface area contributed by atoms with Crippen LogP contribution < -0.4 is 15.6 Å². The first-order valence-corrected chi connectivity index (χ1v) is 8.81. The third kappa shape index (κ3) is 3.86. The largest absolute Gasteiger partial charge is 0.496 e. The quantitative estimate of drug-likeness (QED) is 0.868. The molecule has 0 aliphatic carbocycles. The summed E-state index contributed by atoms with van der Waals surface area (Å²) in [4.78, 5) is 11.5. The average molecular weight is 324 g/mol. The van der Waals surface area contributed by atoms with E-state index in [2.05, 4.69) is 10.9 Å². The van der Waals surface area contributed by atoms with Crippen LogP contribution in [0.5, 0.6) is 5.75 Å². The van der Waals surface area contributed by atoms with Crippen LogP contribution in [-0.2, 0) is 14.6 Å². The summed E-state index contributed by atoms with van der Waals surface area (Å²) in [7, 11) is -1.77. The molecule has 22 heavy (non-hydrogen) atoms. The van der Waals surface area contributed by atoms with E-state index in [0.717, 1.165) is 11.8 Å². The van der Waals surface area contributed by atoms with Crippen molar-refractivity contribution in [2.75, 3.05) is 13.4 Å². The van der Waals surface area contributed by atoms with Crippen LogP contribution in [0.4, 0.5) is 0 Å². The van der Waals surface area contributed by atoms with Crippen LogP contribution >= 0.6 is 0 Å². The smallest absolute Gasteiger partial charge is 0.234 e. The number of sulfone groups is 1. The second-order valence-corrected chi connectivity index (χ2v) is 7.45. The Morgan fingerprint density at radius 1 is 1.36 bits per heavy atom. The molecule has 1 aliphatic heterocycles. The highest BCUT2D eigenvalue weighted by Crippen LogP contribution is 2.25. The van der Waals surface area contributed by atoms with Crippen molar-refractivity contribution < 1.29 is 17.9 Å². The van der Waals surface area contributed by atoms with Crippen LogP contribution in [-0.4, -0.2) is 33.7 Å². The Labute approximate surface area is 130 Å². The van der Waals surface area contributed by atoms with Gasteiger partial charge >= 0.3 is 0 Å². The van der Waals surface area contributed by atoms with Gasteiger partial charge in [-0.3, -0.25) is 10.2 Å². The first-order chi connectivity index (χ1) is 10.3. The van der Waals surface area contributed by atoms with Gasteiger partial charge in [-0.15, -0.1) is 0 Å². The number of hydrazine groups is 1. The Morgan fingerprint density at radius 2 is 2.09 bits per heavy atom. The molecule has 1 heterocycles. The number of hydrogen-bond acceptors (Lipinski definition) is 5. The Morgan fingerprint density at radius 3 is 2.68 bits per heavy atom. The lowest BCUT2D eigenvalue weighted by Crippen LogP contribution is -2.52. The summed E-state index contributed by atoms with van der Waals surface area (Å²) in [5, 5.41) is 0. The lowest BCUT2D eigenvalue weighted by Gasteiger charge is -2.27. The second-order valence-electron chi connectivity index (χ2n) is 5.43. The van der Waals surface area contributed by atoms with Crippen molar-refractivity contribution in [3.63, 3.8) is 0 Å².